The second kappa shape index (κ2) is 10.9. The minimum Gasteiger partial charge on any atom is -0.340 e. The number of hydrogen-bond donors (Lipinski definition) is 1. The van der Waals surface area contributed by atoms with Crippen molar-refractivity contribution in [3.63, 3.8) is 0 Å². The van der Waals surface area contributed by atoms with Gasteiger partial charge in [-0.05, 0) is 85.6 Å². The van der Waals surface area contributed by atoms with Gasteiger partial charge in [0.15, 0.2) is 0 Å². The molecule has 198 valence electrons. The number of aromatic nitrogens is 1. The van der Waals surface area contributed by atoms with Crippen LogP contribution in [0.1, 0.15) is 27.9 Å². The van der Waals surface area contributed by atoms with Crippen molar-refractivity contribution in [3.05, 3.63) is 104 Å². The number of rotatable bonds is 6. The molecule has 1 saturated heterocycles. The summed E-state index contributed by atoms with van der Waals surface area (Å²) in [6.07, 6.45) is 1.74. The zero-order valence-electron chi connectivity index (χ0n) is 21.5. The van der Waals surface area contributed by atoms with Gasteiger partial charge < -0.3 is 9.88 Å². The Morgan fingerprint density at radius 3 is 2.49 bits per heavy atom. The first-order chi connectivity index (χ1) is 18.6. The van der Waals surface area contributed by atoms with E-state index in [0.717, 1.165) is 55.5 Å². The maximum absolute atomic E-state index is 13.2. The van der Waals surface area contributed by atoms with Crippen molar-refractivity contribution in [3.8, 4) is 0 Å². The number of aryl methyl sites for hydroxylation is 2. The first kappa shape index (κ1) is 27.1. The lowest BCUT2D eigenvalue weighted by atomic mass is 10.1. The second-order valence-corrected chi connectivity index (χ2v) is 11.3. The molecule has 1 fully saturated rings. The van der Waals surface area contributed by atoms with Crippen LogP contribution < -0.4 is 5.32 Å². The number of imide groups is 1. The van der Waals surface area contributed by atoms with Gasteiger partial charge in [-0.25, -0.2) is 0 Å². The summed E-state index contributed by atoms with van der Waals surface area (Å²) in [6.45, 7) is 6.06. The van der Waals surface area contributed by atoms with E-state index in [4.69, 9.17) is 23.2 Å². The van der Waals surface area contributed by atoms with Crippen LogP contribution in [0.25, 0.3) is 17.0 Å². The Balaban J connectivity index is 1.41. The molecule has 39 heavy (non-hydrogen) atoms. The molecule has 0 radical (unpaired) electrons. The number of hydrogen-bond acceptors (Lipinski definition) is 4. The van der Waals surface area contributed by atoms with Crippen molar-refractivity contribution in [2.45, 2.75) is 27.3 Å². The number of anilines is 1. The number of fused-ring (bicyclic) bond motifs is 1. The molecule has 3 aromatic carbocycles. The Morgan fingerprint density at radius 2 is 1.74 bits per heavy atom. The average molecular weight is 579 g/mol. The molecule has 5 rings (SSSR count). The number of carbonyl (C=O) groups excluding carboxylic acids is 3. The lowest BCUT2D eigenvalue weighted by molar-refractivity contribution is -0.127. The molecule has 1 aliphatic rings. The van der Waals surface area contributed by atoms with E-state index in [1.165, 1.54) is 0 Å². The van der Waals surface area contributed by atoms with Crippen LogP contribution in [-0.2, 0) is 16.1 Å². The third-order valence-corrected chi connectivity index (χ3v) is 8.36. The number of thioether (sulfide) groups is 1. The predicted octanol–water partition coefficient (Wildman–Crippen LogP) is 7.60. The fourth-order valence-corrected chi connectivity index (χ4v) is 5.88. The minimum absolute atomic E-state index is 0.273. The lowest BCUT2D eigenvalue weighted by Gasteiger charge is -2.13. The average Bonchev–Trinajstić information content (AvgIpc) is 3.31. The summed E-state index contributed by atoms with van der Waals surface area (Å²) in [5.41, 5.74) is 6.40. The summed E-state index contributed by atoms with van der Waals surface area (Å²) in [5, 5.41) is 4.38. The molecule has 6 nitrogen and oxygen atoms in total. The van der Waals surface area contributed by atoms with E-state index >= 15 is 0 Å². The van der Waals surface area contributed by atoms with Crippen LogP contribution in [-0.4, -0.2) is 33.1 Å². The Morgan fingerprint density at radius 1 is 0.974 bits per heavy atom. The van der Waals surface area contributed by atoms with Crippen LogP contribution in [0.15, 0.2) is 65.6 Å². The highest BCUT2D eigenvalue weighted by Crippen LogP contribution is 2.36. The molecule has 0 unspecified atom stereocenters. The number of nitrogens with zero attached hydrogens (tertiary/aromatic N) is 2. The van der Waals surface area contributed by atoms with E-state index in [2.05, 4.69) is 9.88 Å². The highest BCUT2D eigenvalue weighted by atomic mass is 35.5. The van der Waals surface area contributed by atoms with Crippen LogP contribution in [0.3, 0.4) is 0 Å². The van der Waals surface area contributed by atoms with Gasteiger partial charge in [0.25, 0.3) is 11.1 Å². The maximum atomic E-state index is 13.2. The van der Waals surface area contributed by atoms with Crippen LogP contribution in [0.5, 0.6) is 0 Å². The number of nitrogens with one attached hydrogen (secondary N) is 1. The third kappa shape index (κ3) is 5.48. The van der Waals surface area contributed by atoms with Gasteiger partial charge in [0.1, 0.15) is 6.54 Å². The first-order valence-electron chi connectivity index (χ1n) is 12.3. The van der Waals surface area contributed by atoms with Gasteiger partial charge in [0.2, 0.25) is 5.91 Å². The lowest BCUT2D eigenvalue weighted by Crippen LogP contribution is -2.36. The SMILES string of the molecule is Cc1ccc(NC(=O)CN2C(=O)SC(=Cc3c(C)n(Cc4ccc(Cl)cc4Cl)c4ccccc34)C2=O)cc1C. The number of amides is 3. The van der Waals surface area contributed by atoms with Crippen molar-refractivity contribution in [1.29, 1.82) is 0 Å². The highest BCUT2D eigenvalue weighted by molar-refractivity contribution is 8.18. The Bertz CT molecular complexity index is 1690. The van der Waals surface area contributed by atoms with Crippen molar-refractivity contribution in [2.24, 2.45) is 0 Å². The van der Waals surface area contributed by atoms with Crippen LogP contribution in [0.2, 0.25) is 10.0 Å². The summed E-state index contributed by atoms with van der Waals surface area (Å²) in [4.78, 5) is 39.9. The van der Waals surface area contributed by atoms with Crippen LogP contribution in [0.4, 0.5) is 10.5 Å². The monoisotopic (exact) mass is 577 g/mol. The normalized spacial score (nSPS) is 14.6. The summed E-state index contributed by atoms with van der Waals surface area (Å²) < 4.78 is 2.12. The predicted molar refractivity (Wildman–Crippen MR) is 159 cm³/mol. The quantitative estimate of drug-likeness (QED) is 0.239. The maximum Gasteiger partial charge on any atom is 0.294 e. The Labute approximate surface area is 240 Å². The zero-order valence-corrected chi connectivity index (χ0v) is 23.9. The largest absolute Gasteiger partial charge is 0.340 e. The first-order valence-corrected chi connectivity index (χ1v) is 13.8. The summed E-state index contributed by atoms with van der Waals surface area (Å²) in [6, 6.07) is 18.8. The van der Waals surface area contributed by atoms with Gasteiger partial charge in [0.05, 0.1) is 4.91 Å². The van der Waals surface area contributed by atoms with E-state index < -0.39 is 17.1 Å². The van der Waals surface area contributed by atoms with Gasteiger partial charge in [0, 0.05) is 44.4 Å². The van der Waals surface area contributed by atoms with Gasteiger partial charge in [-0.3, -0.25) is 19.3 Å². The van der Waals surface area contributed by atoms with E-state index in [-0.39, 0.29) is 11.4 Å². The fourth-order valence-electron chi connectivity index (χ4n) is 4.59. The molecule has 0 aliphatic carbocycles. The molecule has 1 aromatic heterocycles. The number of carbonyl (C=O) groups is 3. The molecule has 0 atom stereocenters. The molecule has 1 N–H and O–H groups in total. The standard InChI is InChI=1S/C30H25Cl2N3O3S/c1-17-8-11-22(12-18(17)2)33-28(36)16-35-29(37)27(39-30(35)38)14-24-19(3)34(26-7-5-4-6-23(24)26)15-20-9-10-21(31)13-25(20)32/h4-14H,15-16H2,1-3H3,(H,33,36). The van der Waals surface area contributed by atoms with E-state index in [0.29, 0.717) is 22.3 Å². The Kier molecular flexibility index (Phi) is 7.58. The zero-order chi connectivity index (χ0) is 27.8. The second-order valence-electron chi connectivity index (χ2n) is 9.45. The molecule has 1 aliphatic heterocycles. The number of benzene rings is 3. The molecular formula is C30H25Cl2N3O3S. The minimum atomic E-state index is -0.489. The highest BCUT2D eigenvalue weighted by Gasteiger charge is 2.36. The van der Waals surface area contributed by atoms with E-state index in [1.54, 1.807) is 24.3 Å². The topological polar surface area (TPSA) is 71.4 Å². The molecule has 0 bridgehead atoms. The van der Waals surface area contributed by atoms with Crippen molar-refractivity contribution in [2.75, 3.05) is 11.9 Å². The number of para-hydroxylation sites is 1. The molecule has 2 heterocycles. The van der Waals surface area contributed by atoms with Crippen LogP contribution in [0, 0.1) is 20.8 Å². The van der Waals surface area contributed by atoms with E-state index in [1.807, 2.05) is 63.2 Å². The van der Waals surface area contributed by atoms with E-state index in [9.17, 15) is 14.4 Å². The summed E-state index contributed by atoms with van der Waals surface area (Å²) in [7, 11) is 0. The summed E-state index contributed by atoms with van der Waals surface area (Å²) >= 11 is 13.4. The Hall–Kier alpha value is -3.52. The van der Waals surface area contributed by atoms with Gasteiger partial charge in [-0.2, -0.15) is 0 Å². The van der Waals surface area contributed by atoms with Gasteiger partial charge in [-0.15, -0.1) is 0 Å². The molecular weight excluding hydrogens is 553 g/mol. The third-order valence-electron chi connectivity index (χ3n) is 6.86. The molecule has 3 amide bonds. The smallest absolute Gasteiger partial charge is 0.294 e. The fraction of sp³-hybridized carbons (Fsp3) is 0.167. The van der Waals surface area contributed by atoms with Crippen molar-refractivity contribution >= 4 is 74.7 Å². The molecule has 0 saturated carbocycles. The number of halogens is 2. The molecule has 4 aromatic rings. The molecule has 9 heteroatoms. The summed E-state index contributed by atoms with van der Waals surface area (Å²) in [5.74, 6) is -0.924. The van der Waals surface area contributed by atoms with Crippen molar-refractivity contribution in [1.82, 2.24) is 9.47 Å². The van der Waals surface area contributed by atoms with Crippen molar-refractivity contribution < 1.29 is 14.4 Å². The molecule has 0 spiro atoms. The van der Waals surface area contributed by atoms with Gasteiger partial charge in [-0.1, -0.05) is 53.5 Å². The van der Waals surface area contributed by atoms with Crippen LogP contribution >= 0.6 is 35.0 Å². The van der Waals surface area contributed by atoms with Gasteiger partial charge >= 0.3 is 0 Å².